The fourth-order valence-electron chi connectivity index (χ4n) is 7.56. The van der Waals surface area contributed by atoms with Crippen molar-refractivity contribution in [3.05, 3.63) is 181 Å². The molecular formula is C45H30N4. The predicted octanol–water partition coefficient (Wildman–Crippen LogP) is 11.1. The third-order valence-corrected chi connectivity index (χ3v) is 9.84. The van der Waals surface area contributed by atoms with Gasteiger partial charge in [0.2, 0.25) is 5.96 Å². The fraction of sp³-hybridized carbons (Fsp3) is 0.0222. The van der Waals surface area contributed by atoms with Crippen LogP contribution in [0.15, 0.2) is 175 Å². The normalized spacial score (nSPS) is 14.2. The zero-order chi connectivity index (χ0) is 32.3. The topological polar surface area (TPSA) is 42.2 Å². The van der Waals surface area contributed by atoms with Gasteiger partial charge in [-0.25, -0.2) is 4.99 Å². The highest BCUT2D eigenvalue weighted by molar-refractivity contribution is 6.24. The van der Waals surface area contributed by atoms with Crippen LogP contribution in [0, 0.1) is 0 Å². The molecule has 1 aliphatic rings. The Kier molecular flexibility index (Phi) is 6.21. The molecule has 2 aromatic heterocycles. The summed E-state index contributed by atoms with van der Waals surface area (Å²) >= 11 is 0. The van der Waals surface area contributed by atoms with Gasteiger partial charge in [-0.1, -0.05) is 140 Å². The van der Waals surface area contributed by atoms with Crippen LogP contribution in [0.25, 0.3) is 65.7 Å². The first kappa shape index (κ1) is 27.6. The Morgan fingerprint density at radius 1 is 0.510 bits per heavy atom. The van der Waals surface area contributed by atoms with E-state index < -0.39 is 0 Å². The molecule has 0 saturated carbocycles. The van der Waals surface area contributed by atoms with Gasteiger partial charge in [-0.15, -0.1) is 0 Å². The van der Waals surface area contributed by atoms with Gasteiger partial charge >= 0.3 is 0 Å². The molecule has 3 heterocycles. The van der Waals surface area contributed by atoms with Crippen molar-refractivity contribution in [2.75, 3.05) is 0 Å². The number of fused-ring (bicyclic) bond motifs is 7. The van der Waals surface area contributed by atoms with E-state index in [-0.39, 0.29) is 6.04 Å². The maximum Gasteiger partial charge on any atom is 0.209 e. The first-order chi connectivity index (χ1) is 24.3. The van der Waals surface area contributed by atoms with Gasteiger partial charge in [0.15, 0.2) is 0 Å². The second-order valence-electron chi connectivity index (χ2n) is 12.7. The molecule has 1 unspecified atom stereocenters. The number of benzene rings is 7. The second kappa shape index (κ2) is 11.0. The van der Waals surface area contributed by atoms with Crippen molar-refractivity contribution in [2.45, 2.75) is 6.04 Å². The first-order valence-electron chi connectivity index (χ1n) is 16.7. The summed E-state index contributed by atoms with van der Waals surface area (Å²) in [5.74, 6) is 0.778. The lowest BCUT2D eigenvalue weighted by molar-refractivity contribution is 0.711. The standard InChI is InChI=1S/C45H30N4/c1-3-13-29(14-4-1)32-23-25-36-42(27-32)49(41-26-24-31-17-7-8-18-33(31)43(36)41)45-47-39-22-12-10-20-35(39)44(48-45)40-28-37(30-15-5-2-6-16-30)34-19-9-11-21-38(34)46-40/h1-28,44H,(H,47,48). The van der Waals surface area contributed by atoms with Crippen molar-refractivity contribution in [1.82, 2.24) is 14.9 Å². The molecule has 0 radical (unpaired) electrons. The van der Waals surface area contributed by atoms with Crippen LogP contribution < -0.4 is 5.32 Å². The number of nitrogens with zero attached hydrogens (tertiary/aromatic N) is 3. The van der Waals surface area contributed by atoms with Crippen molar-refractivity contribution in [2.24, 2.45) is 4.99 Å². The Hall–Kier alpha value is -6.52. The molecule has 1 N–H and O–H groups in total. The third-order valence-electron chi connectivity index (χ3n) is 9.84. The van der Waals surface area contributed by atoms with E-state index in [0.29, 0.717) is 0 Å². The quantitative estimate of drug-likeness (QED) is 0.212. The Morgan fingerprint density at radius 2 is 1.22 bits per heavy atom. The molecule has 0 fully saturated rings. The highest BCUT2D eigenvalue weighted by Crippen LogP contribution is 2.40. The first-order valence-corrected chi connectivity index (χ1v) is 16.7. The Labute approximate surface area is 283 Å². The van der Waals surface area contributed by atoms with Crippen LogP contribution in [0.1, 0.15) is 17.3 Å². The van der Waals surface area contributed by atoms with E-state index in [0.717, 1.165) is 44.8 Å². The lowest BCUT2D eigenvalue weighted by Gasteiger charge is -2.28. The van der Waals surface area contributed by atoms with E-state index in [1.54, 1.807) is 0 Å². The highest BCUT2D eigenvalue weighted by Gasteiger charge is 2.28. The van der Waals surface area contributed by atoms with Gasteiger partial charge in [0.25, 0.3) is 0 Å². The molecule has 4 nitrogen and oxygen atoms in total. The van der Waals surface area contributed by atoms with Crippen LogP contribution in [0.3, 0.4) is 0 Å². The number of nitrogens with one attached hydrogen (secondary N) is 1. The number of para-hydroxylation sites is 2. The molecule has 0 saturated heterocycles. The minimum absolute atomic E-state index is 0.221. The average molecular weight is 627 g/mol. The van der Waals surface area contributed by atoms with Gasteiger partial charge in [-0.3, -0.25) is 9.55 Å². The Morgan fingerprint density at radius 3 is 2.08 bits per heavy atom. The second-order valence-corrected chi connectivity index (χ2v) is 12.7. The minimum atomic E-state index is -0.221. The third kappa shape index (κ3) is 4.45. The van der Waals surface area contributed by atoms with E-state index >= 15 is 0 Å². The van der Waals surface area contributed by atoms with Crippen molar-refractivity contribution in [3.8, 4) is 22.3 Å². The molecule has 0 spiro atoms. The highest BCUT2D eigenvalue weighted by atomic mass is 15.2. The SMILES string of the molecule is c1ccc(-c2ccc3c4c5ccccc5ccc4n(C4=Nc5ccccc5C(c5cc(-c6ccccc6)c6ccccc6n5)N4)c3c2)cc1. The summed E-state index contributed by atoms with van der Waals surface area (Å²) in [6.07, 6.45) is 0. The van der Waals surface area contributed by atoms with E-state index in [1.807, 2.05) is 0 Å². The molecular weight excluding hydrogens is 597 g/mol. The molecule has 1 aliphatic heterocycles. The van der Waals surface area contributed by atoms with Crippen LogP contribution in [0.4, 0.5) is 5.69 Å². The molecule has 230 valence electrons. The number of pyridine rings is 1. The molecule has 9 aromatic rings. The summed E-state index contributed by atoms with van der Waals surface area (Å²) in [5, 5.41) is 9.92. The molecule has 0 bridgehead atoms. The zero-order valence-electron chi connectivity index (χ0n) is 26.6. The summed E-state index contributed by atoms with van der Waals surface area (Å²) < 4.78 is 2.31. The van der Waals surface area contributed by atoms with Crippen molar-refractivity contribution in [1.29, 1.82) is 0 Å². The number of hydrogen-bond donors (Lipinski definition) is 1. The monoisotopic (exact) mass is 626 g/mol. The van der Waals surface area contributed by atoms with Gasteiger partial charge in [0, 0.05) is 21.7 Å². The summed E-state index contributed by atoms with van der Waals surface area (Å²) in [6, 6.07) is 60.0. The van der Waals surface area contributed by atoms with E-state index in [4.69, 9.17) is 9.98 Å². The lowest BCUT2D eigenvalue weighted by Crippen LogP contribution is -2.37. The number of rotatable bonds is 3. The molecule has 4 heteroatoms. The maximum absolute atomic E-state index is 5.33. The minimum Gasteiger partial charge on any atom is -0.343 e. The Balaban J connectivity index is 1.23. The average Bonchev–Trinajstić information content (AvgIpc) is 3.52. The van der Waals surface area contributed by atoms with E-state index in [9.17, 15) is 0 Å². The lowest BCUT2D eigenvalue weighted by atomic mass is 9.95. The number of aromatic nitrogens is 2. The summed E-state index contributed by atoms with van der Waals surface area (Å²) in [7, 11) is 0. The van der Waals surface area contributed by atoms with Crippen LogP contribution in [0.5, 0.6) is 0 Å². The Bertz CT molecular complexity index is 2740. The van der Waals surface area contributed by atoms with Crippen molar-refractivity contribution in [3.63, 3.8) is 0 Å². The van der Waals surface area contributed by atoms with Gasteiger partial charge in [-0.05, 0) is 63.4 Å². The largest absolute Gasteiger partial charge is 0.343 e. The molecule has 10 rings (SSSR count). The van der Waals surface area contributed by atoms with Gasteiger partial charge < -0.3 is 5.32 Å². The van der Waals surface area contributed by atoms with Crippen LogP contribution in [0.2, 0.25) is 0 Å². The zero-order valence-corrected chi connectivity index (χ0v) is 26.6. The number of aliphatic imine (C=N–C) groups is 1. The van der Waals surface area contributed by atoms with Crippen LogP contribution >= 0.6 is 0 Å². The number of hydrogen-bond acceptors (Lipinski definition) is 3. The van der Waals surface area contributed by atoms with Gasteiger partial charge in [-0.2, -0.15) is 0 Å². The van der Waals surface area contributed by atoms with Gasteiger partial charge in [0.1, 0.15) is 0 Å². The molecule has 0 amide bonds. The van der Waals surface area contributed by atoms with Crippen molar-refractivity contribution >= 4 is 55.1 Å². The van der Waals surface area contributed by atoms with Crippen LogP contribution in [-0.4, -0.2) is 15.5 Å². The fourth-order valence-corrected chi connectivity index (χ4v) is 7.56. The van der Waals surface area contributed by atoms with Gasteiger partial charge in [0.05, 0.1) is 34.0 Å². The smallest absolute Gasteiger partial charge is 0.209 e. The van der Waals surface area contributed by atoms with E-state index in [1.165, 1.54) is 43.8 Å². The molecule has 0 aliphatic carbocycles. The molecule has 7 aromatic carbocycles. The van der Waals surface area contributed by atoms with Crippen molar-refractivity contribution < 1.29 is 0 Å². The summed E-state index contributed by atoms with van der Waals surface area (Å²) in [5.41, 5.74) is 10.9. The molecule has 1 atom stereocenters. The summed E-state index contributed by atoms with van der Waals surface area (Å²) in [6.45, 7) is 0. The summed E-state index contributed by atoms with van der Waals surface area (Å²) in [4.78, 5) is 10.6. The predicted molar refractivity (Wildman–Crippen MR) is 203 cm³/mol. The van der Waals surface area contributed by atoms with E-state index in [2.05, 4.69) is 180 Å². The van der Waals surface area contributed by atoms with Crippen LogP contribution in [-0.2, 0) is 0 Å². The maximum atomic E-state index is 5.33. The molecule has 49 heavy (non-hydrogen) atoms.